The Morgan fingerprint density at radius 3 is 1.89 bits per heavy atom. The zero-order valence-electron chi connectivity index (χ0n) is 28.7. The van der Waals surface area contributed by atoms with Crippen molar-refractivity contribution in [3.8, 4) is 11.5 Å². The number of epoxide rings is 2. The Morgan fingerprint density at radius 2 is 1.30 bits per heavy atom. The van der Waals surface area contributed by atoms with Crippen LogP contribution in [0.25, 0.3) is 10.8 Å². The van der Waals surface area contributed by atoms with Crippen molar-refractivity contribution in [2.24, 2.45) is 0 Å². The van der Waals surface area contributed by atoms with Crippen molar-refractivity contribution in [1.82, 2.24) is 0 Å². The Morgan fingerprint density at radius 1 is 0.723 bits per heavy atom. The van der Waals surface area contributed by atoms with E-state index < -0.39 is 21.0 Å². The van der Waals surface area contributed by atoms with Crippen LogP contribution in [0.1, 0.15) is 58.1 Å². The molecular formula is C35H56O11Si. The molecule has 0 amide bonds. The summed E-state index contributed by atoms with van der Waals surface area (Å²) in [5, 5.41) is 23.3. The summed E-state index contributed by atoms with van der Waals surface area (Å²) < 4.78 is 52.9. The van der Waals surface area contributed by atoms with E-state index in [4.69, 9.17) is 41.7 Å². The molecule has 266 valence electrons. The molecule has 0 aromatic heterocycles. The SMILES string of the molecule is CCCCOCC(O)Cc1ccc2c(OCC(O)COCCC[Si](OCC)(OCC)OCC)c(CC3CO3)ccc2c1OCC1CO1. The van der Waals surface area contributed by atoms with Gasteiger partial charge < -0.3 is 51.9 Å². The zero-order valence-corrected chi connectivity index (χ0v) is 29.7. The van der Waals surface area contributed by atoms with E-state index in [-0.39, 0.29) is 32.0 Å². The molecule has 2 fully saturated rings. The molecule has 4 atom stereocenters. The smallest absolute Gasteiger partial charge is 0.490 e. The van der Waals surface area contributed by atoms with Crippen LogP contribution in [0.15, 0.2) is 24.3 Å². The molecule has 4 unspecified atom stereocenters. The predicted molar refractivity (Wildman–Crippen MR) is 180 cm³/mol. The summed E-state index contributed by atoms with van der Waals surface area (Å²) in [6.07, 6.45) is 2.58. The van der Waals surface area contributed by atoms with Crippen LogP contribution in [0.5, 0.6) is 11.5 Å². The average Bonchev–Trinajstić information content (AvgIpc) is 3.99. The van der Waals surface area contributed by atoms with Gasteiger partial charge in [0.05, 0.1) is 38.6 Å². The molecular weight excluding hydrogens is 624 g/mol. The van der Waals surface area contributed by atoms with Crippen molar-refractivity contribution >= 4 is 19.6 Å². The second-order valence-corrected chi connectivity index (χ2v) is 14.8. The number of aliphatic hydroxyl groups is 2. The summed E-state index contributed by atoms with van der Waals surface area (Å²) >= 11 is 0. The van der Waals surface area contributed by atoms with Crippen LogP contribution < -0.4 is 9.47 Å². The zero-order chi connectivity index (χ0) is 33.5. The summed E-state index contributed by atoms with van der Waals surface area (Å²) in [6.45, 7) is 12.9. The van der Waals surface area contributed by atoms with Crippen LogP contribution in [0.3, 0.4) is 0 Å². The number of fused-ring (bicyclic) bond motifs is 1. The first kappa shape index (κ1) is 38.0. The van der Waals surface area contributed by atoms with E-state index in [0.29, 0.717) is 83.1 Å². The van der Waals surface area contributed by atoms with Gasteiger partial charge in [-0.2, -0.15) is 0 Å². The van der Waals surface area contributed by atoms with Gasteiger partial charge in [-0.05, 0) is 44.7 Å². The van der Waals surface area contributed by atoms with E-state index in [0.717, 1.165) is 41.3 Å². The molecule has 0 aliphatic carbocycles. The molecule has 2 aromatic rings. The molecule has 0 radical (unpaired) electrons. The van der Waals surface area contributed by atoms with E-state index in [1.807, 2.05) is 45.0 Å². The van der Waals surface area contributed by atoms with Crippen molar-refractivity contribution < 1.29 is 51.9 Å². The van der Waals surface area contributed by atoms with E-state index in [2.05, 4.69) is 6.92 Å². The van der Waals surface area contributed by atoms with Crippen LogP contribution in [0.2, 0.25) is 6.04 Å². The minimum atomic E-state index is -2.72. The number of unbranched alkanes of at least 4 members (excludes halogenated alkanes) is 1. The Labute approximate surface area is 281 Å². The first-order chi connectivity index (χ1) is 22.9. The summed E-state index contributed by atoms with van der Waals surface area (Å²) in [5.74, 6) is 1.40. The fraction of sp³-hybridized carbons (Fsp3) is 0.714. The lowest BCUT2D eigenvalue weighted by Gasteiger charge is -2.28. The van der Waals surface area contributed by atoms with Crippen molar-refractivity contribution in [3.05, 3.63) is 35.4 Å². The molecule has 2 N–H and O–H groups in total. The van der Waals surface area contributed by atoms with Gasteiger partial charge in [0.15, 0.2) is 0 Å². The molecule has 2 aromatic carbocycles. The molecule has 12 heteroatoms. The minimum Gasteiger partial charge on any atom is -0.490 e. The quantitative estimate of drug-likeness (QED) is 0.0788. The highest BCUT2D eigenvalue weighted by molar-refractivity contribution is 6.60. The lowest BCUT2D eigenvalue weighted by Crippen LogP contribution is -2.46. The lowest BCUT2D eigenvalue weighted by atomic mass is 9.97. The van der Waals surface area contributed by atoms with Crippen LogP contribution in [-0.4, -0.2) is 116 Å². The van der Waals surface area contributed by atoms with Gasteiger partial charge in [-0.1, -0.05) is 37.6 Å². The standard InChI is InChI=1S/C35H56O11Si/c1-5-9-15-38-20-28(36)18-26-11-13-33-32(34(26)43-25-31-24-41-31)14-12-27(19-30-23-40-30)35(33)42-22-29(37)21-39-16-10-17-47(44-6-2,45-7-3)46-8-4/h11-14,28-31,36-37H,5-10,15-25H2,1-4H3. The number of hydrogen-bond acceptors (Lipinski definition) is 11. The Kier molecular flexibility index (Phi) is 16.1. The van der Waals surface area contributed by atoms with Crippen LogP contribution in [0.4, 0.5) is 0 Å². The van der Waals surface area contributed by atoms with Gasteiger partial charge in [-0.3, -0.25) is 0 Å². The van der Waals surface area contributed by atoms with Gasteiger partial charge in [0, 0.05) is 62.7 Å². The molecule has 2 heterocycles. The van der Waals surface area contributed by atoms with E-state index >= 15 is 0 Å². The second-order valence-electron chi connectivity index (χ2n) is 12.0. The van der Waals surface area contributed by atoms with Gasteiger partial charge in [0.1, 0.15) is 36.9 Å². The summed E-state index contributed by atoms with van der Waals surface area (Å²) in [5.41, 5.74) is 1.90. The third-order valence-corrected chi connectivity index (χ3v) is 11.1. The fourth-order valence-electron chi connectivity index (χ4n) is 5.49. The number of rotatable bonds is 27. The normalized spacial score (nSPS) is 18.8. The average molecular weight is 681 g/mol. The second kappa shape index (κ2) is 20.0. The monoisotopic (exact) mass is 680 g/mol. The predicted octanol–water partition coefficient (Wildman–Crippen LogP) is 4.47. The molecule has 0 bridgehead atoms. The van der Waals surface area contributed by atoms with Crippen molar-refractivity contribution in [1.29, 1.82) is 0 Å². The first-order valence-corrected chi connectivity index (χ1v) is 19.3. The molecule has 2 aliphatic rings. The molecule has 4 rings (SSSR count). The van der Waals surface area contributed by atoms with Crippen LogP contribution in [-0.2, 0) is 45.1 Å². The van der Waals surface area contributed by atoms with E-state index in [9.17, 15) is 10.2 Å². The highest BCUT2D eigenvalue weighted by Crippen LogP contribution is 2.39. The van der Waals surface area contributed by atoms with Gasteiger partial charge in [-0.25, -0.2) is 0 Å². The first-order valence-electron chi connectivity index (χ1n) is 17.4. The van der Waals surface area contributed by atoms with Crippen molar-refractivity contribution in [3.63, 3.8) is 0 Å². The number of hydrogen-bond donors (Lipinski definition) is 2. The highest BCUT2D eigenvalue weighted by Gasteiger charge is 2.39. The van der Waals surface area contributed by atoms with Crippen molar-refractivity contribution in [2.45, 2.75) is 90.3 Å². The van der Waals surface area contributed by atoms with Gasteiger partial charge in [-0.15, -0.1) is 0 Å². The largest absolute Gasteiger partial charge is 0.501 e. The van der Waals surface area contributed by atoms with Crippen LogP contribution in [0, 0.1) is 0 Å². The van der Waals surface area contributed by atoms with Crippen molar-refractivity contribution in [2.75, 3.05) is 72.7 Å². The summed E-state index contributed by atoms with van der Waals surface area (Å²) in [4.78, 5) is 0. The van der Waals surface area contributed by atoms with Gasteiger partial charge in [0.25, 0.3) is 0 Å². The van der Waals surface area contributed by atoms with E-state index in [1.165, 1.54) is 0 Å². The van der Waals surface area contributed by atoms with E-state index in [1.54, 1.807) is 0 Å². The Balaban J connectivity index is 1.41. The molecule has 11 nitrogen and oxygen atoms in total. The topological polar surface area (TPSA) is 130 Å². The Hall–Kier alpha value is -1.84. The Bertz CT molecular complexity index is 1170. The fourth-order valence-corrected chi connectivity index (χ4v) is 8.07. The number of benzene rings is 2. The maximum Gasteiger partial charge on any atom is 0.501 e. The number of ether oxygens (including phenoxy) is 6. The summed E-state index contributed by atoms with van der Waals surface area (Å²) in [6, 6.07) is 8.74. The van der Waals surface area contributed by atoms with Crippen LogP contribution >= 0.6 is 0 Å². The lowest BCUT2D eigenvalue weighted by molar-refractivity contribution is 0.0103. The third-order valence-electron chi connectivity index (χ3n) is 7.93. The highest BCUT2D eigenvalue weighted by atomic mass is 28.4. The molecule has 47 heavy (non-hydrogen) atoms. The minimum absolute atomic E-state index is 0.0643. The van der Waals surface area contributed by atoms with Gasteiger partial charge in [0.2, 0.25) is 0 Å². The maximum atomic E-state index is 10.8. The molecule has 2 saturated heterocycles. The van der Waals surface area contributed by atoms with Gasteiger partial charge >= 0.3 is 8.80 Å². The molecule has 2 aliphatic heterocycles. The summed E-state index contributed by atoms with van der Waals surface area (Å²) in [7, 11) is -2.72. The third kappa shape index (κ3) is 12.5. The number of aliphatic hydroxyl groups excluding tert-OH is 2. The molecule has 0 saturated carbocycles. The maximum absolute atomic E-state index is 10.8. The molecule has 0 spiro atoms.